The van der Waals surface area contributed by atoms with Crippen molar-refractivity contribution in [2.45, 2.75) is 6.42 Å². The van der Waals surface area contributed by atoms with Gasteiger partial charge < -0.3 is 5.11 Å². The third kappa shape index (κ3) is 3.43. The number of aromatic hydroxyl groups is 1. The van der Waals surface area contributed by atoms with Gasteiger partial charge in [0.15, 0.2) is 0 Å². The summed E-state index contributed by atoms with van der Waals surface area (Å²) in [6.45, 7) is 0. The molecule has 0 aliphatic rings. The molecule has 0 unspecified atom stereocenters. The van der Waals surface area contributed by atoms with Gasteiger partial charge in [-0.05, 0) is 23.6 Å². The Hall–Kier alpha value is -2.14. The summed E-state index contributed by atoms with van der Waals surface area (Å²) in [5.41, 5.74) is 2.99. The molecule has 0 spiro atoms. The van der Waals surface area contributed by atoms with E-state index in [2.05, 4.69) is 10.5 Å². The van der Waals surface area contributed by atoms with Gasteiger partial charge >= 0.3 is 0 Å². The number of hydrazone groups is 1. The fraction of sp³-hybridized carbons (Fsp3) is 0.0769. The van der Waals surface area contributed by atoms with Gasteiger partial charge in [0.1, 0.15) is 5.75 Å². The van der Waals surface area contributed by atoms with E-state index in [0.717, 1.165) is 4.88 Å². The molecular weight excluding hydrogens is 248 g/mol. The number of carbonyl (C=O) groups excluding carboxylic acids is 1. The molecule has 1 aromatic heterocycles. The van der Waals surface area contributed by atoms with E-state index in [1.807, 2.05) is 17.5 Å². The van der Waals surface area contributed by atoms with Crippen LogP contribution in [-0.4, -0.2) is 17.2 Å². The number of carbonyl (C=O) groups is 1. The summed E-state index contributed by atoms with van der Waals surface area (Å²) < 4.78 is 0. The number of hydrogen-bond donors (Lipinski definition) is 2. The summed E-state index contributed by atoms with van der Waals surface area (Å²) >= 11 is 1.53. The molecule has 92 valence electrons. The number of hydrogen-bond acceptors (Lipinski definition) is 4. The molecule has 5 heteroatoms. The van der Waals surface area contributed by atoms with Crippen LogP contribution in [0.4, 0.5) is 0 Å². The molecule has 2 N–H and O–H groups in total. The normalized spacial score (nSPS) is 10.7. The maximum atomic E-state index is 11.5. The molecular formula is C13H12N2O2S. The Labute approximate surface area is 109 Å². The Bertz CT molecular complexity index is 550. The average Bonchev–Trinajstić information content (AvgIpc) is 2.84. The molecule has 0 bridgehead atoms. The first-order chi connectivity index (χ1) is 8.75. The van der Waals surface area contributed by atoms with Gasteiger partial charge in [-0.2, -0.15) is 5.10 Å². The third-order valence-corrected chi connectivity index (χ3v) is 3.12. The average molecular weight is 260 g/mol. The Balaban J connectivity index is 1.88. The van der Waals surface area contributed by atoms with Crippen molar-refractivity contribution >= 4 is 23.5 Å². The lowest BCUT2D eigenvalue weighted by atomic mass is 10.2. The molecule has 4 nitrogen and oxygen atoms in total. The van der Waals surface area contributed by atoms with E-state index in [-0.39, 0.29) is 11.7 Å². The molecule has 0 fully saturated rings. The maximum Gasteiger partial charge on any atom is 0.245 e. The zero-order chi connectivity index (χ0) is 12.8. The summed E-state index contributed by atoms with van der Waals surface area (Å²) in [4.78, 5) is 12.5. The number of amides is 1. The molecule has 0 saturated heterocycles. The number of para-hydroxylation sites is 1. The second-order valence-corrected chi connectivity index (χ2v) is 4.64. The van der Waals surface area contributed by atoms with Crippen molar-refractivity contribution < 1.29 is 9.90 Å². The van der Waals surface area contributed by atoms with Gasteiger partial charge in [0.25, 0.3) is 0 Å². The van der Waals surface area contributed by atoms with Crippen molar-refractivity contribution in [3.8, 4) is 5.75 Å². The number of thiophene rings is 1. The van der Waals surface area contributed by atoms with Crippen LogP contribution >= 0.6 is 11.3 Å². The topological polar surface area (TPSA) is 61.7 Å². The monoisotopic (exact) mass is 260 g/mol. The van der Waals surface area contributed by atoms with Crippen molar-refractivity contribution in [2.75, 3.05) is 0 Å². The third-order valence-electron chi connectivity index (χ3n) is 2.24. The molecule has 0 radical (unpaired) electrons. The van der Waals surface area contributed by atoms with E-state index in [0.29, 0.717) is 12.0 Å². The highest BCUT2D eigenvalue weighted by Gasteiger charge is 2.02. The first-order valence-electron chi connectivity index (χ1n) is 5.38. The molecule has 1 amide bonds. The van der Waals surface area contributed by atoms with Crippen LogP contribution in [-0.2, 0) is 11.2 Å². The van der Waals surface area contributed by atoms with Gasteiger partial charge in [0, 0.05) is 10.4 Å². The first kappa shape index (κ1) is 12.3. The molecule has 2 aromatic rings. The van der Waals surface area contributed by atoms with Crippen molar-refractivity contribution in [3.63, 3.8) is 0 Å². The van der Waals surface area contributed by atoms with Crippen LogP contribution in [0.1, 0.15) is 10.4 Å². The maximum absolute atomic E-state index is 11.5. The van der Waals surface area contributed by atoms with Gasteiger partial charge in [-0.3, -0.25) is 4.79 Å². The summed E-state index contributed by atoms with van der Waals surface area (Å²) in [6.07, 6.45) is 1.73. The fourth-order valence-electron chi connectivity index (χ4n) is 1.38. The molecule has 18 heavy (non-hydrogen) atoms. The second-order valence-electron chi connectivity index (χ2n) is 3.61. The number of phenolic OH excluding ortho intramolecular Hbond substituents is 1. The second kappa shape index (κ2) is 5.97. The van der Waals surface area contributed by atoms with Crippen molar-refractivity contribution in [1.82, 2.24) is 5.43 Å². The summed E-state index contributed by atoms with van der Waals surface area (Å²) in [6, 6.07) is 10.6. The van der Waals surface area contributed by atoms with Gasteiger partial charge in [-0.1, -0.05) is 18.2 Å². The van der Waals surface area contributed by atoms with Gasteiger partial charge in [0.05, 0.1) is 12.6 Å². The van der Waals surface area contributed by atoms with Gasteiger partial charge in [0.2, 0.25) is 5.91 Å². The fourth-order valence-corrected chi connectivity index (χ4v) is 2.08. The Morgan fingerprint density at radius 2 is 2.17 bits per heavy atom. The van der Waals surface area contributed by atoms with Crippen LogP contribution < -0.4 is 5.43 Å². The minimum atomic E-state index is -0.177. The molecule has 0 saturated carbocycles. The predicted molar refractivity (Wildman–Crippen MR) is 71.9 cm³/mol. The molecule has 0 atom stereocenters. The molecule has 0 aliphatic heterocycles. The summed E-state index contributed by atoms with van der Waals surface area (Å²) in [5.74, 6) is -0.0436. The van der Waals surface area contributed by atoms with Crippen LogP contribution in [0.25, 0.3) is 0 Å². The number of benzene rings is 1. The SMILES string of the molecule is O=C(Cc1cccs1)N/N=C/c1ccccc1O. The van der Waals surface area contributed by atoms with Gasteiger partial charge in [-0.25, -0.2) is 5.43 Å². The van der Waals surface area contributed by atoms with Crippen LogP contribution in [0, 0.1) is 0 Å². The van der Waals surface area contributed by atoms with Crippen molar-refractivity contribution in [3.05, 3.63) is 52.2 Å². The Morgan fingerprint density at radius 3 is 2.89 bits per heavy atom. The minimum Gasteiger partial charge on any atom is -0.507 e. The van der Waals surface area contributed by atoms with Crippen molar-refractivity contribution in [2.24, 2.45) is 5.10 Å². The standard InChI is InChI=1S/C13H12N2O2S/c16-12-6-2-1-4-10(12)9-14-15-13(17)8-11-5-3-7-18-11/h1-7,9,16H,8H2,(H,15,17)/b14-9+. The first-order valence-corrected chi connectivity index (χ1v) is 6.26. The highest BCUT2D eigenvalue weighted by molar-refractivity contribution is 7.10. The number of nitrogens with one attached hydrogen (secondary N) is 1. The zero-order valence-electron chi connectivity index (χ0n) is 9.54. The Morgan fingerprint density at radius 1 is 1.33 bits per heavy atom. The highest BCUT2D eigenvalue weighted by Crippen LogP contribution is 2.12. The van der Waals surface area contributed by atoms with Crippen LogP contribution in [0.15, 0.2) is 46.9 Å². The number of phenols is 1. The molecule has 0 aliphatic carbocycles. The number of nitrogens with zero attached hydrogens (tertiary/aromatic N) is 1. The van der Waals surface area contributed by atoms with E-state index in [9.17, 15) is 9.90 Å². The lowest BCUT2D eigenvalue weighted by Gasteiger charge is -1.98. The van der Waals surface area contributed by atoms with E-state index in [1.165, 1.54) is 17.6 Å². The van der Waals surface area contributed by atoms with E-state index < -0.39 is 0 Å². The van der Waals surface area contributed by atoms with E-state index in [4.69, 9.17) is 0 Å². The van der Waals surface area contributed by atoms with Crippen LogP contribution in [0.3, 0.4) is 0 Å². The number of rotatable bonds is 4. The quantitative estimate of drug-likeness (QED) is 0.653. The van der Waals surface area contributed by atoms with Crippen LogP contribution in [0.2, 0.25) is 0 Å². The lowest BCUT2D eigenvalue weighted by molar-refractivity contribution is -0.120. The van der Waals surface area contributed by atoms with E-state index in [1.54, 1.807) is 24.3 Å². The van der Waals surface area contributed by atoms with E-state index >= 15 is 0 Å². The largest absolute Gasteiger partial charge is 0.507 e. The van der Waals surface area contributed by atoms with Crippen molar-refractivity contribution in [1.29, 1.82) is 0 Å². The molecule has 2 rings (SSSR count). The lowest BCUT2D eigenvalue weighted by Crippen LogP contribution is -2.19. The summed E-state index contributed by atoms with van der Waals surface area (Å²) in [7, 11) is 0. The molecule has 1 aromatic carbocycles. The van der Waals surface area contributed by atoms with Gasteiger partial charge in [-0.15, -0.1) is 11.3 Å². The molecule has 1 heterocycles. The zero-order valence-corrected chi connectivity index (χ0v) is 10.4. The predicted octanol–water partition coefficient (Wildman–Crippen LogP) is 2.15. The summed E-state index contributed by atoms with van der Waals surface area (Å²) in [5, 5.41) is 15.2. The highest BCUT2D eigenvalue weighted by atomic mass is 32.1. The smallest absolute Gasteiger partial charge is 0.245 e. The van der Waals surface area contributed by atoms with Crippen LogP contribution in [0.5, 0.6) is 5.75 Å². The minimum absolute atomic E-state index is 0.133. The Kier molecular flexibility index (Phi) is 4.09.